The fourth-order valence-electron chi connectivity index (χ4n) is 2.11. The molecule has 0 bridgehead atoms. The monoisotopic (exact) mass is 337 g/mol. The molecule has 0 radical (unpaired) electrons. The molecule has 0 aliphatic carbocycles. The predicted molar refractivity (Wildman–Crippen MR) is 89.7 cm³/mol. The van der Waals surface area contributed by atoms with Crippen LogP contribution in [0.2, 0.25) is 0 Å². The molecule has 0 aliphatic rings. The summed E-state index contributed by atoms with van der Waals surface area (Å²) >= 11 is 1.58. The van der Waals surface area contributed by atoms with Gasteiger partial charge >= 0.3 is 0 Å². The van der Waals surface area contributed by atoms with E-state index in [-0.39, 0.29) is 24.1 Å². The molecule has 0 saturated carbocycles. The maximum Gasteiger partial charge on any atom is 0.221 e. The van der Waals surface area contributed by atoms with Crippen LogP contribution < -0.4 is 5.32 Å². The van der Waals surface area contributed by atoms with Crippen molar-refractivity contribution in [3.8, 4) is 0 Å². The number of sulfone groups is 1. The summed E-state index contributed by atoms with van der Waals surface area (Å²) in [6.07, 6.45) is 1.82. The third kappa shape index (κ3) is 5.61. The minimum Gasteiger partial charge on any atom is -0.348 e. The first-order chi connectivity index (χ1) is 10.4. The Morgan fingerprint density at radius 3 is 2.50 bits per heavy atom. The van der Waals surface area contributed by atoms with Gasteiger partial charge in [-0.2, -0.15) is 0 Å². The molecule has 0 aliphatic heterocycles. The lowest BCUT2D eigenvalue weighted by molar-refractivity contribution is -0.121. The highest BCUT2D eigenvalue weighted by Crippen LogP contribution is 2.23. The van der Waals surface area contributed by atoms with E-state index in [2.05, 4.69) is 5.32 Å². The lowest BCUT2D eigenvalue weighted by Gasteiger charge is -2.17. The average Bonchev–Trinajstić information content (AvgIpc) is 2.99. The summed E-state index contributed by atoms with van der Waals surface area (Å²) in [6.45, 7) is 0. The molecule has 6 heteroatoms. The van der Waals surface area contributed by atoms with E-state index in [1.54, 1.807) is 11.3 Å². The summed E-state index contributed by atoms with van der Waals surface area (Å²) < 4.78 is 22.3. The van der Waals surface area contributed by atoms with Crippen LogP contribution in [0.25, 0.3) is 0 Å². The van der Waals surface area contributed by atoms with Gasteiger partial charge in [0.1, 0.15) is 9.84 Å². The highest BCUT2D eigenvalue weighted by Gasteiger charge is 2.17. The molecular weight excluding hydrogens is 318 g/mol. The molecule has 1 aromatic heterocycles. The Morgan fingerprint density at radius 2 is 1.91 bits per heavy atom. The van der Waals surface area contributed by atoms with Gasteiger partial charge in [-0.05, 0) is 23.4 Å². The molecule has 0 fully saturated rings. The van der Waals surface area contributed by atoms with Gasteiger partial charge in [0, 0.05) is 17.6 Å². The van der Waals surface area contributed by atoms with Crippen molar-refractivity contribution in [2.75, 3.05) is 12.0 Å². The van der Waals surface area contributed by atoms with Crippen LogP contribution in [-0.4, -0.2) is 26.3 Å². The molecule has 1 aromatic carbocycles. The number of carbonyl (C=O) groups is 1. The lowest BCUT2D eigenvalue weighted by Crippen LogP contribution is -2.30. The van der Waals surface area contributed by atoms with E-state index in [1.807, 2.05) is 47.8 Å². The van der Waals surface area contributed by atoms with Crippen LogP contribution in [0, 0.1) is 0 Å². The number of rotatable bonds is 7. The number of amides is 1. The van der Waals surface area contributed by atoms with Crippen molar-refractivity contribution in [1.82, 2.24) is 5.32 Å². The fraction of sp³-hybridized carbons (Fsp3) is 0.312. The summed E-state index contributed by atoms with van der Waals surface area (Å²) in [4.78, 5) is 13.1. The Labute approximate surface area is 135 Å². The minimum atomic E-state index is -3.13. The Morgan fingerprint density at radius 1 is 1.18 bits per heavy atom. The molecule has 22 heavy (non-hydrogen) atoms. The van der Waals surface area contributed by atoms with Gasteiger partial charge < -0.3 is 5.32 Å². The number of carbonyl (C=O) groups excluding carboxylic acids is 1. The smallest absolute Gasteiger partial charge is 0.221 e. The van der Waals surface area contributed by atoms with E-state index in [4.69, 9.17) is 0 Å². The van der Waals surface area contributed by atoms with Crippen LogP contribution >= 0.6 is 11.3 Å². The van der Waals surface area contributed by atoms with Crippen molar-refractivity contribution in [2.45, 2.75) is 18.9 Å². The van der Waals surface area contributed by atoms with Crippen molar-refractivity contribution >= 4 is 27.1 Å². The highest BCUT2D eigenvalue weighted by atomic mass is 32.2. The Balaban J connectivity index is 2.04. The first-order valence-corrected chi connectivity index (χ1v) is 9.92. The molecule has 1 amide bonds. The number of nitrogens with one attached hydrogen (secondary N) is 1. The Kier molecular flexibility index (Phi) is 5.74. The summed E-state index contributed by atoms with van der Waals surface area (Å²) in [5, 5.41) is 4.92. The van der Waals surface area contributed by atoms with Crippen LogP contribution in [0.5, 0.6) is 0 Å². The highest BCUT2D eigenvalue weighted by molar-refractivity contribution is 7.90. The number of hydrogen-bond donors (Lipinski definition) is 1. The third-order valence-corrected chi connectivity index (χ3v) is 5.14. The molecule has 1 heterocycles. The second kappa shape index (κ2) is 7.56. The van der Waals surface area contributed by atoms with E-state index in [1.165, 1.54) is 0 Å². The molecular formula is C16H19NO3S2. The van der Waals surface area contributed by atoms with Gasteiger partial charge in [-0.25, -0.2) is 8.42 Å². The van der Waals surface area contributed by atoms with Gasteiger partial charge in [-0.15, -0.1) is 11.3 Å². The van der Waals surface area contributed by atoms with Gasteiger partial charge in [0.2, 0.25) is 5.91 Å². The number of thiophene rings is 1. The molecule has 2 aromatic rings. The molecule has 2 rings (SSSR count). The van der Waals surface area contributed by atoms with Crippen molar-refractivity contribution < 1.29 is 13.2 Å². The van der Waals surface area contributed by atoms with Gasteiger partial charge in [0.25, 0.3) is 0 Å². The van der Waals surface area contributed by atoms with Gasteiger partial charge in [-0.3, -0.25) is 4.79 Å². The van der Waals surface area contributed by atoms with E-state index in [0.29, 0.717) is 6.42 Å². The summed E-state index contributed by atoms with van der Waals surface area (Å²) in [7, 11) is -3.13. The number of benzene rings is 1. The predicted octanol–water partition coefficient (Wildman–Crippen LogP) is 2.58. The van der Waals surface area contributed by atoms with E-state index in [9.17, 15) is 13.2 Å². The maximum absolute atomic E-state index is 12.0. The zero-order valence-electron chi connectivity index (χ0n) is 12.4. The third-order valence-electron chi connectivity index (χ3n) is 3.20. The van der Waals surface area contributed by atoms with Crippen molar-refractivity contribution in [3.05, 3.63) is 58.3 Å². The summed E-state index contributed by atoms with van der Waals surface area (Å²) in [5.74, 6) is -0.360. The van der Waals surface area contributed by atoms with Crippen LogP contribution in [0.4, 0.5) is 0 Å². The largest absolute Gasteiger partial charge is 0.348 e. The minimum absolute atomic E-state index is 0.00447. The Hall–Kier alpha value is -1.66. The molecule has 0 unspecified atom stereocenters. The quantitative estimate of drug-likeness (QED) is 0.844. The van der Waals surface area contributed by atoms with Gasteiger partial charge in [0.05, 0.1) is 11.8 Å². The van der Waals surface area contributed by atoms with Gasteiger partial charge in [0.15, 0.2) is 0 Å². The molecule has 1 N–H and O–H groups in total. The summed E-state index contributed by atoms with van der Waals surface area (Å²) in [6, 6.07) is 13.7. The van der Waals surface area contributed by atoms with Crippen LogP contribution in [0.1, 0.15) is 22.9 Å². The molecule has 0 saturated heterocycles. The zero-order valence-corrected chi connectivity index (χ0v) is 14.0. The second-order valence-electron chi connectivity index (χ2n) is 5.21. The molecule has 4 nitrogen and oxygen atoms in total. The van der Waals surface area contributed by atoms with Crippen LogP contribution in [-0.2, 0) is 21.1 Å². The standard InChI is InChI=1S/C16H19NO3S2/c1-22(19,20)11-9-16(18)17-14(15-8-5-10-21-15)12-13-6-3-2-4-7-13/h2-8,10,14H,9,11-12H2,1H3,(H,17,18)/t14-/m1/s1. The van der Waals surface area contributed by atoms with E-state index in [0.717, 1.165) is 16.7 Å². The molecule has 118 valence electrons. The first-order valence-electron chi connectivity index (χ1n) is 6.98. The summed E-state index contributed by atoms with van der Waals surface area (Å²) in [5.41, 5.74) is 1.13. The van der Waals surface area contributed by atoms with Crippen LogP contribution in [0.3, 0.4) is 0 Å². The van der Waals surface area contributed by atoms with Crippen molar-refractivity contribution in [1.29, 1.82) is 0 Å². The second-order valence-corrected chi connectivity index (χ2v) is 8.44. The van der Waals surface area contributed by atoms with Crippen LogP contribution in [0.15, 0.2) is 47.8 Å². The maximum atomic E-state index is 12.0. The normalized spacial score (nSPS) is 12.8. The Bertz CT molecular complexity index is 694. The van der Waals surface area contributed by atoms with Gasteiger partial charge in [-0.1, -0.05) is 36.4 Å². The molecule has 0 spiro atoms. The number of hydrogen-bond acceptors (Lipinski definition) is 4. The average molecular weight is 337 g/mol. The first kappa shape index (κ1) is 16.7. The fourth-order valence-corrected chi connectivity index (χ4v) is 3.44. The van der Waals surface area contributed by atoms with Crippen molar-refractivity contribution in [2.24, 2.45) is 0 Å². The van der Waals surface area contributed by atoms with Crippen molar-refractivity contribution in [3.63, 3.8) is 0 Å². The SMILES string of the molecule is CS(=O)(=O)CCC(=O)N[C@H](Cc1ccccc1)c1cccs1. The van der Waals surface area contributed by atoms with E-state index < -0.39 is 9.84 Å². The topological polar surface area (TPSA) is 63.2 Å². The molecule has 1 atom stereocenters. The zero-order chi connectivity index (χ0) is 16.0. The van der Waals surface area contributed by atoms with E-state index >= 15 is 0 Å². The lowest BCUT2D eigenvalue weighted by atomic mass is 10.0.